The van der Waals surface area contributed by atoms with Crippen LogP contribution in [0.15, 0.2) is 4.99 Å². The number of hydrogen-bond acceptors (Lipinski definition) is 3. The minimum absolute atomic E-state index is 0.134. The fourth-order valence-electron chi connectivity index (χ4n) is 0.403. The lowest BCUT2D eigenvalue weighted by atomic mass is 10.2. The highest BCUT2D eigenvalue weighted by Crippen LogP contribution is 1.85. The molecule has 0 aromatic rings. The van der Waals surface area contributed by atoms with Gasteiger partial charge in [-0.15, -0.1) is 0 Å². The first-order chi connectivity index (χ1) is 4.66. The average Bonchev–Trinajstić information content (AvgIpc) is 1.87. The van der Waals surface area contributed by atoms with Gasteiger partial charge in [0.05, 0.1) is 7.11 Å². The maximum absolute atomic E-state index is 10.5. The number of esters is 1. The van der Waals surface area contributed by atoms with Crippen molar-refractivity contribution in [2.45, 2.75) is 13.8 Å². The van der Waals surface area contributed by atoms with Gasteiger partial charge in [-0.1, -0.05) is 13.8 Å². The van der Waals surface area contributed by atoms with Gasteiger partial charge in [0.25, 0.3) is 0 Å². The average molecular weight is 143 g/mol. The molecule has 0 rings (SSSR count). The van der Waals surface area contributed by atoms with Crippen LogP contribution in [-0.4, -0.2) is 25.8 Å². The summed E-state index contributed by atoms with van der Waals surface area (Å²) in [4.78, 5) is 14.3. The molecule has 0 N–H and O–H groups in total. The molecule has 0 amide bonds. The molecule has 0 saturated carbocycles. The molecule has 0 aliphatic carbocycles. The van der Waals surface area contributed by atoms with Crippen molar-refractivity contribution in [1.29, 1.82) is 0 Å². The summed E-state index contributed by atoms with van der Waals surface area (Å²) in [6.07, 6.45) is 1.73. The highest BCUT2D eigenvalue weighted by Gasteiger charge is 1.94. The Kier molecular flexibility index (Phi) is 4.54. The van der Waals surface area contributed by atoms with Crippen molar-refractivity contribution in [2.24, 2.45) is 10.9 Å². The molecule has 0 saturated heterocycles. The molecule has 3 heteroatoms. The van der Waals surface area contributed by atoms with Crippen molar-refractivity contribution in [3.63, 3.8) is 0 Å². The molecule has 0 aromatic heterocycles. The van der Waals surface area contributed by atoms with E-state index in [4.69, 9.17) is 0 Å². The summed E-state index contributed by atoms with van der Waals surface area (Å²) in [6.45, 7) is 4.14. The Hall–Kier alpha value is -0.860. The van der Waals surface area contributed by atoms with Crippen LogP contribution in [-0.2, 0) is 9.53 Å². The minimum atomic E-state index is -0.295. The van der Waals surface area contributed by atoms with Crippen LogP contribution in [0.5, 0.6) is 0 Å². The zero-order chi connectivity index (χ0) is 7.98. The van der Waals surface area contributed by atoms with E-state index in [2.05, 4.69) is 9.73 Å². The van der Waals surface area contributed by atoms with Gasteiger partial charge in [0.2, 0.25) is 0 Å². The molecule has 0 fully saturated rings. The third-order valence-corrected chi connectivity index (χ3v) is 0.852. The Morgan fingerprint density at radius 3 is 2.70 bits per heavy atom. The highest BCUT2D eigenvalue weighted by molar-refractivity contribution is 5.74. The first-order valence-corrected chi connectivity index (χ1v) is 3.23. The minimum Gasteiger partial charge on any atom is -0.468 e. The smallest absolute Gasteiger partial charge is 0.327 e. The zero-order valence-electron chi connectivity index (χ0n) is 6.63. The Balaban J connectivity index is 3.43. The zero-order valence-corrected chi connectivity index (χ0v) is 6.63. The van der Waals surface area contributed by atoms with E-state index in [1.165, 1.54) is 7.11 Å². The molecule has 0 bridgehead atoms. The van der Waals surface area contributed by atoms with Gasteiger partial charge in [-0.05, 0) is 5.92 Å². The molecule has 0 heterocycles. The SMILES string of the molecule is COC(=O)CN=CC(C)C. The van der Waals surface area contributed by atoms with E-state index < -0.39 is 0 Å². The lowest BCUT2D eigenvalue weighted by Crippen LogP contribution is -2.04. The standard InChI is InChI=1S/C7H13NO2/c1-6(2)4-8-5-7(9)10-3/h4,6H,5H2,1-3H3. The van der Waals surface area contributed by atoms with Crippen LogP contribution in [0.1, 0.15) is 13.8 Å². The summed E-state index contributed by atoms with van der Waals surface area (Å²) in [7, 11) is 1.35. The summed E-state index contributed by atoms with van der Waals surface area (Å²) in [5.41, 5.74) is 0. The van der Waals surface area contributed by atoms with Crippen molar-refractivity contribution < 1.29 is 9.53 Å². The lowest BCUT2D eigenvalue weighted by molar-refractivity contribution is -0.138. The Morgan fingerprint density at radius 2 is 2.30 bits per heavy atom. The van der Waals surface area contributed by atoms with Crippen LogP contribution in [0.3, 0.4) is 0 Å². The fraction of sp³-hybridized carbons (Fsp3) is 0.714. The number of carbonyl (C=O) groups excluding carboxylic acids is 1. The number of methoxy groups -OCH3 is 1. The molecule has 0 aromatic carbocycles. The van der Waals surface area contributed by atoms with Gasteiger partial charge in [-0.3, -0.25) is 9.79 Å². The summed E-state index contributed by atoms with van der Waals surface area (Å²) >= 11 is 0. The molecule has 0 spiro atoms. The topological polar surface area (TPSA) is 38.7 Å². The molecule has 0 radical (unpaired) electrons. The quantitative estimate of drug-likeness (QED) is 0.434. The molecular formula is C7H13NO2. The van der Waals surface area contributed by atoms with Gasteiger partial charge >= 0.3 is 5.97 Å². The number of rotatable bonds is 3. The predicted molar refractivity (Wildman–Crippen MR) is 40.2 cm³/mol. The van der Waals surface area contributed by atoms with E-state index >= 15 is 0 Å². The molecule has 0 atom stereocenters. The normalized spacial score (nSPS) is 10.8. The molecule has 0 unspecified atom stereocenters. The number of hydrogen-bond donors (Lipinski definition) is 0. The summed E-state index contributed by atoms with van der Waals surface area (Å²) in [6, 6.07) is 0. The Morgan fingerprint density at radius 1 is 1.70 bits per heavy atom. The first-order valence-electron chi connectivity index (χ1n) is 3.23. The predicted octanol–water partition coefficient (Wildman–Crippen LogP) is 0.886. The first kappa shape index (κ1) is 9.14. The van der Waals surface area contributed by atoms with Gasteiger partial charge in [-0.2, -0.15) is 0 Å². The summed E-state index contributed by atoms with van der Waals surface area (Å²) in [5, 5.41) is 0. The summed E-state index contributed by atoms with van der Waals surface area (Å²) in [5.74, 6) is 0.0987. The van der Waals surface area contributed by atoms with Crippen LogP contribution in [0.4, 0.5) is 0 Å². The second-order valence-corrected chi connectivity index (χ2v) is 2.31. The van der Waals surface area contributed by atoms with E-state index in [1.54, 1.807) is 6.21 Å². The lowest BCUT2D eigenvalue weighted by Gasteiger charge is -1.93. The van der Waals surface area contributed by atoms with Crippen LogP contribution >= 0.6 is 0 Å². The number of nitrogens with zero attached hydrogens (tertiary/aromatic N) is 1. The molecule has 3 nitrogen and oxygen atoms in total. The molecule has 0 aliphatic heterocycles. The summed E-state index contributed by atoms with van der Waals surface area (Å²) < 4.78 is 4.38. The van der Waals surface area contributed by atoms with Crippen molar-refractivity contribution in [3.05, 3.63) is 0 Å². The fourth-order valence-corrected chi connectivity index (χ4v) is 0.403. The van der Waals surface area contributed by atoms with E-state index in [0.29, 0.717) is 5.92 Å². The molecule has 0 aliphatic rings. The van der Waals surface area contributed by atoms with Gasteiger partial charge in [-0.25, -0.2) is 0 Å². The van der Waals surface area contributed by atoms with Gasteiger partial charge in [0.15, 0.2) is 0 Å². The Bertz CT molecular complexity index is 130. The van der Waals surface area contributed by atoms with E-state index in [0.717, 1.165) is 0 Å². The number of aliphatic imine (C=N–C) groups is 1. The van der Waals surface area contributed by atoms with Crippen LogP contribution in [0.2, 0.25) is 0 Å². The number of carbonyl (C=O) groups is 1. The molecule has 58 valence electrons. The third-order valence-electron chi connectivity index (χ3n) is 0.852. The maximum Gasteiger partial charge on any atom is 0.327 e. The van der Waals surface area contributed by atoms with Gasteiger partial charge in [0, 0.05) is 6.21 Å². The van der Waals surface area contributed by atoms with E-state index in [9.17, 15) is 4.79 Å². The van der Waals surface area contributed by atoms with Crippen LogP contribution in [0, 0.1) is 5.92 Å². The van der Waals surface area contributed by atoms with Crippen molar-refractivity contribution in [1.82, 2.24) is 0 Å². The molecule has 10 heavy (non-hydrogen) atoms. The van der Waals surface area contributed by atoms with Crippen molar-refractivity contribution >= 4 is 12.2 Å². The van der Waals surface area contributed by atoms with E-state index in [1.807, 2.05) is 13.8 Å². The second kappa shape index (κ2) is 4.97. The second-order valence-electron chi connectivity index (χ2n) is 2.31. The maximum atomic E-state index is 10.5. The van der Waals surface area contributed by atoms with Crippen LogP contribution < -0.4 is 0 Å². The van der Waals surface area contributed by atoms with Crippen molar-refractivity contribution in [3.8, 4) is 0 Å². The largest absolute Gasteiger partial charge is 0.468 e. The van der Waals surface area contributed by atoms with E-state index in [-0.39, 0.29) is 12.5 Å². The third kappa shape index (κ3) is 5.28. The number of ether oxygens (including phenoxy) is 1. The van der Waals surface area contributed by atoms with Crippen molar-refractivity contribution in [2.75, 3.05) is 13.7 Å². The van der Waals surface area contributed by atoms with Gasteiger partial charge < -0.3 is 4.74 Å². The van der Waals surface area contributed by atoms with Crippen LogP contribution in [0.25, 0.3) is 0 Å². The Labute approximate surface area is 61.1 Å². The van der Waals surface area contributed by atoms with Gasteiger partial charge in [0.1, 0.15) is 6.54 Å². The molecular weight excluding hydrogens is 130 g/mol. The highest BCUT2D eigenvalue weighted by atomic mass is 16.5. The monoisotopic (exact) mass is 143 g/mol.